The molecule has 0 aliphatic heterocycles. The van der Waals surface area contributed by atoms with E-state index in [0.29, 0.717) is 5.75 Å². The second-order valence-electron chi connectivity index (χ2n) is 6.87. The number of hydrogen-bond donors (Lipinski definition) is 1. The Bertz CT molecular complexity index is 903. The van der Waals surface area contributed by atoms with E-state index in [9.17, 15) is 4.79 Å². The second-order valence-corrected chi connectivity index (χ2v) is 7.92. The molecule has 3 rings (SSSR count). The molecule has 0 bridgehead atoms. The summed E-state index contributed by atoms with van der Waals surface area (Å²) in [6.07, 6.45) is -0.575. The Morgan fingerprint density at radius 3 is 2.25 bits per heavy atom. The van der Waals surface area contributed by atoms with Crippen molar-refractivity contribution in [2.75, 3.05) is 5.32 Å². The van der Waals surface area contributed by atoms with Crippen molar-refractivity contribution in [1.82, 2.24) is 0 Å². The molecule has 0 fully saturated rings. The number of carbonyl (C=O) groups is 1. The summed E-state index contributed by atoms with van der Waals surface area (Å²) in [6.45, 7) is 5.79. The molecule has 144 valence electrons. The van der Waals surface area contributed by atoms with Crippen LogP contribution in [0.1, 0.15) is 23.6 Å². The molecule has 3 aromatic rings. The molecular formula is C24H25NO2S. The predicted octanol–water partition coefficient (Wildman–Crippen LogP) is 6.00. The Hall–Kier alpha value is -2.72. The second kappa shape index (κ2) is 9.47. The first kappa shape index (κ1) is 20.0. The Kier molecular flexibility index (Phi) is 6.77. The average molecular weight is 392 g/mol. The summed E-state index contributed by atoms with van der Waals surface area (Å²) < 4.78 is 5.81. The number of benzene rings is 3. The maximum Gasteiger partial charge on any atom is 0.265 e. The van der Waals surface area contributed by atoms with Crippen molar-refractivity contribution in [2.24, 2.45) is 0 Å². The van der Waals surface area contributed by atoms with Gasteiger partial charge in [-0.2, -0.15) is 0 Å². The van der Waals surface area contributed by atoms with Crippen LogP contribution in [0.2, 0.25) is 0 Å². The monoisotopic (exact) mass is 391 g/mol. The summed E-state index contributed by atoms with van der Waals surface area (Å²) >= 11 is 1.79. The summed E-state index contributed by atoms with van der Waals surface area (Å²) in [7, 11) is 0. The Morgan fingerprint density at radius 1 is 0.964 bits per heavy atom. The van der Waals surface area contributed by atoms with Gasteiger partial charge in [-0.15, -0.1) is 11.8 Å². The van der Waals surface area contributed by atoms with Gasteiger partial charge in [-0.25, -0.2) is 0 Å². The first-order valence-corrected chi connectivity index (χ1v) is 10.3. The largest absolute Gasteiger partial charge is 0.481 e. The fraction of sp³-hybridized carbons (Fsp3) is 0.208. The van der Waals surface area contributed by atoms with Crippen LogP contribution in [0.25, 0.3) is 0 Å². The molecule has 0 aromatic heterocycles. The highest BCUT2D eigenvalue weighted by molar-refractivity contribution is 7.98. The van der Waals surface area contributed by atoms with Crippen molar-refractivity contribution < 1.29 is 9.53 Å². The number of thioether (sulfide) groups is 1. The van der Waals surface area contributed by atoms with E-state index in [1.807, 2.05) is 68.4 Å². The van der Waals surface area contributed by atoms with E-state index in [2.05, 4.69) is 23.5 Å². The Labute approximate surface area is 171 Å². The first-order chi connectivity index (χ1) is 13.5. The highest BCUT2D eigenvalue weighted by Gasteiger charge is 2.15. The van der Waals surface area contributed by atoms with Gasteiger partial charge in [0.05, 0.1) is 0 Å². The molecule has 0 saturated heterocycles. The van der Waals surface area contributed by atoms with Crippen LogP contribution >= 0.6 is 11.8 Å². The number of amides is 1. The fourth-order valence-corrected chi connectivity index (χ4v) is 3.75. The summed E-state index contributed by atoms with van der Waals surface area (Å²) in [4.78, 5) is 13.7. The van der Waals surface area contributed by atoms with Crippen molar-refractivity contribution in [3.63, 3.8) is 0 Å². The molecule has 1 amide bonds. The number of aryl methyl sites for hydroxylation is 2. The summed E-state index contributed by atoms with van der Waals surface area (Å²) in [5, 5.41) is 2.92. The van der Waals surface area contributed by atoms with Crippen LogP contribution in [-0.4, -0.2) is 12.0 Å². The molecule has 0 aliphatic carbocycles. The van der Waals surface area contributed by atoms with E-state index in [1.54, 1.807) is 18.7 Å². The molecule has 0 spiro atoms. The lowest BCUT2D eigenvalue weighted by Gasteiger charge is -2.16. The van der Waals surface area contributed by atoms with Gasteiger partial charge in [-0.1, -0.05) is 36.4 Å². The van der Waals surface area contributed by atoms with Gasteiger partial charge in [-0.05, 0) is 73.9 Å². The molecule has 0 heterocycles. The van der Waals surface area contributed by atoms with E-state index in [-0.39, 0.29) is 5.91 Å². The van der Waals surface area contributed by atoms with Crippen LogP contribution < -0.4 is 10.1 Å². The lowest BCUT2D eigenvalue weighted by atomic mass is 10.1. The zero-order valence-electron chi connectivity index (χ0n) is 16.4. The SMILES string of the molecule is Cc1cc(C)cc(O[C@H](C)C(=O)Nc2ccc(CSc3ccccc3)cc2)c1. The topological polar surface area (TPSA) is 38.3 Å². The van der Waals surface area contributed by atoms with Crippen LogP contribution in [0.3, 0.4) is 0 Å². The number of carbonyl (C=O) groups excluding carboxylic acids is 1. The Balaban J connectivity index is 1.53. The van der Waals surface area contributed by atoms with Gasteiger partial charge in [0.1, 0.15) is 5.75 Å². The van der Waals surface area contributed by atoms with E-state index >= 15 is 0 Å². The smallest absolute Gasteiger partial charge is 0.265 e. The third kappa shape index (κ3) is 5.89. The zero-order chi connectivity index (χ0) is 19.9. The standard InChI is InChI=1S/C24H25NO2S/c1-17-13-18(2)15-22(14-17)27-19(3)24(26)25-21-11-9-20(10-12-21)16-28-23-7-5-4-6-8-23/h4-15,19H,16H2,1-3H3,(H,25,26)/t19-/m1/s1. The molecule has 4 heteroatoms. The van der Waals surface area contributed by atoms with Crippen LogP contribution in [0.5, 0.6) is 5.75 Å². The van der Waals surface area contributed by atoms with Crippen LogP contribution in [0.4, 0.5) is 5.69 Å². The molecule has 1 N–H and O–H groups in total. The van der Waals surface area contributed by atoms with E-state index < -0.39 is 6.10 Å². The minimum Gasteiger partial charge on any atom is -0.481 e. The molecule has 3 aromatic carbocycles. The van der Waals surface area contributed by atoms with Crippen molar-refractivity contribution in [1.29, 1.82) is 0 Å². The Morgan fingerprint density at radius 2 is 1.61 bits per heavy atom. The van der Waals surface area contributed by atoms with Crippen LogP contribution in [0.15, 0.2) is 77.7 Å². The summed E-state index contributed by atoms with van der Waals surface area (Å²) in [5.41, 5.74) is 4.22. The number of hydrogen-bond acceptors (Lipinski definition) is 3. The summed E-state index contributed by atoms with van der Waals surface area (Å²) in [5.74, 6) is 1.45. The predicted molar refractivity (Wildman–Crippen MR) is 117 cm³/mol. The first-order valence-electron chi connectivity index (χ1n) is 9.32. The highest BCUT2D eigenvalue weighted by Crippen LogP contribution is 2.23. The van der Waals surface area contributed by atoms with Gasteiger partial charge < -0.3 is 10.1 Å². The van der Waals surface area contributed by atoms with Crippen LogP contribution in [0, 0.1) is 13.8 Å². The third-order valence-electron chi connectivity index (χ3n) is 4.25. The highest BCUT2D eigenvalue weighted by atomic mass is 32.2. The van der Waals surface area contributed by atoms with E-state index in [0.717, 1.165) is 22.6 Å². The van der Waals surface area contributed by atoms with Gasteiger partial charge >= 0.3 is 0 Å². The van der Waals surface area contributed by atoms with E-state index in [1.165, 1.54) is 10.5 Å². The van der Waals surface area contributed by atoms with Gasteiger partial charge in [0, 0.05) is 16.3 Å². The number of ether oxygens (including phenoxy) is 1. The van der Waals surface area contributed by atoms with Gasteiger partial charge in [0.2, 0.25) is 0 Å². The van der Waals surface area contributed by atoms with Gasteiger partial charge in [0.15, 0.2) is 6.10 Å². The molecule has 0 radical (unpaired) electrons. The lowest BCUT2D eigenvalue weighted by molar-refractivity contribution is -0.122. The van der Waals surface area contributed by atoms with Gasteiger partial charge in [-0.3, -0.25) is 4.79 Å². The maximum absolute atomic E-state index is 12.4. The molecule has 0 aliphatic rings. The van der Waals surface area contributed by atoms with Crippen molar-refractivity contribution in [2.45, 2.75) is 37.5 Å². The van der Waals surface area contributed by atoms with Crippen molar-refractivity contribution in [3.05, 3.63) is 89.5 Å². The van der Waals surface area contributed by atoms with Gasteiger partial charge in [0.25, 0.3) is 5.91 Å². The average Bonchev–Trinajstić information content (AvgIpc) is 2.67. The number of anilines is 1. The lowest BCUT2D eigenvalue weighted by Crippen LogP contribution is -2.30. The zero-order valence-corrected chi connectivity index (χ0v) is 17.3. The fourth-order valence-electron chi connectivity index (χ4n) is 2.87. The molecule has 3 nitrogen and oxygen atoms in total. The minimum atomic E-state index is -0.575. The quantitative estimate of drug-likeness (QED) is 0.502. The molecule has 0 saturated carbocycles. The molecular weight excluding hydrogens is 366 g/mol. The van der Waals surface area contributed by atoms with Crippen LogP contribution in [-0.2, 0) is 10.5 Å². The number of nitrogens with one attached hydrogen (secondary N) is 1. The van der Waals surface area contributed by atoms with Crippen molar-refractivity contribution in [3.8, 4) is 5.75 Å². The third-order valence-corrected chi connectivity index (χ3v) is 5.33. The normalized spacial score (nSPS) is 11.7. The molecule has 28 heavy (non-hydrogen) atoms. The van der Waals surface area contributed by atoms with Crippen molar-refractivity contribution >= 4 is 23.4 Å². The maximum atomic E-state index is 12.4. The summed E-state index contributed by atoms with van der Waals surface area (Å²) in [6, 6.07) is 24.2. The van der Waals surface area contributed by atoms with E-state index in [4.69, 9.17) is 4.74 Å². The molecule has 1 atom stereocenters. The number of rotatable bonds is 7. The minimum absolute atomic E-state index is 0.162. The molecule has 0 unspecified atom stereocenters.